The fourth-order valence-corrected chi connectivity index (χ4v) is 3.68. The van der Waals surface area contributed by atoms with Crippen LogP contribution in [0.5, 0.6) is 17.4 Å². The molecule has 0 aliphatic carbocycles. The van der Waals surface area contributed by atoms with E-state index in [-0.39, 0.29) is 24.2 Å². The number of H-pyrrole nitrogens is 1. The lowest BCUT2D eigenvalue weighted by atomic mass is 10.1. The van der Waals surface area contributed by atoms with Crippen molar-refractivity contribution < 1.29 is 23.7 Å². The van der Waals surface area contributed by atoms with Gasteiger partial charge in [-0.25, -0.2) is 9.78 Å². The van der Waals surface area contributed by atoms with Gasteiger partial charge in [0.1, 0.15) is 23.1 Å². The highest BCUT2D eigenvalue weighted by molar-refractivity contribution is 6.32. The van der Waals surface area contributed by atoms with Crippen LogP contribution < -0.4 is 9.47 Å². The van der Waals surface area contributed by atoms with Crippen molar-refractivity contribution in [2.24, 2.45) is 0 Å². The number of halogens is 1. The summed E-state index contributed by atoms with van der Waals surface area (Å²) in [5, 5.41) is 11.3. The SMILES string of the molecule is COCc1c(OC(=O)OC(C)C)ncc2[nH]c3ccc(Oc4cccc(Cl)c4C#N)cc3c12. The Kier molecular flexibility index (Phi) is 6.36. The highest BCUT2D eigenvalue weighted by Gasteiger charge is 2.20. The molecule has 1 N–H and O–H groups in total. The van der Waals surface area contributed by atoms with Crippen LogP contribution in [0.3, 0.4) is 0 Å². The van der Waals surface area contributed by atoms with Crippen LogP contribution in [-0.4, -0.2) is 29.3 Å². The van der Waals surface area contributed by atoms with E-state index in [9.17, 15) is 10.1 Å². The number of nitrogens with zero attached hydrogens (tertiary/aromatic N) is 2. The summed E-state index contributed by atoms with van der Waals surface area (Å²) in [7, 11) is 1.54. The van der Waals surface area contributed by atoms with Crippen molar-refractivity contribution in [1.29, 1.82) is 5.26 Å². The number of rotatable bonds is 6. The van der Waals surface area contributed by atoms with Gasteiger partial charge in [0, 0.05) is 23.4 Å². The van der Waals surface area contributed by atoms with E-state index in [4.69, 9.17) is 30.5 Å². The van der Waals surface area contributed by atoms with Gasteiger partial charge in [0.2, 0.25) is 5.88 Å². The summed E-state index contributed by atoms with van der Waals surface area (Å²) in [6.45, 7) is 3.61. The second kappa shape index (κ2) is 9.36. The number of nitriles is 1. The van der Waals surface area contributed by atoms with Crippen LogP contribution in [-0.2, 0) is 16.1 Å². The van der Waals surface area contributed by atoms with E-state index in [1.807, 2.05) is 12.1 Å². The van der Waals surface area contributed by atoms with E-state index in [2.05, 4.69) is 16.0 Å². The summed E-state index contributed by atoms with van der Waals surface area (Å²) in [6.07, 6.45) is 0.408. The van der Waals surface area contributed by atoms with Crippen molar-refractivity contribution in [3.05, 3.63) is 58.7 Å². The van der Waals surface area contributed by atoms with Gasteiger partial charge in [-0.2, -0.15) is 5.26 Å². The van der Waals surface area contributed by atoms with Gasteiger partial charge in [-0.05, 0) is 44.2 Å². The first kappa shape index (κ1) is 22.4. The molecule has 0 bridgehead atoms. The molecule has 0 saturated carbocycles. The highest BCUT2D eigenvalue weighted by atomic mass is 35.5. The zero-order valence-electron chi connectivity index (χ0n) is 18.1. The molecule has 168 valence electrons. The first-order chi connectivity index (χ1) is 15.9. The number of pyridine rings is 1. The number of hydrogen-bond donors (Lipinski definition) is 1. The predicted octanol–water partition coefficient (Wildman–Crippen LogP) is 6.10. The molecule has 0 unspecified atom stereocenters. The van der Waals surface area contributed by atoms with Gasteiger partial charge in [-0.3, -0.25) is 0 Å². The van der Waals surface area contributed by atoms with E-state index in [1.54, 1.807) is 51.4 Å². The average Bonchev–Trinajstić information content (AvgIpc) is 3.13. The Morgan fingerprint density at radius 1 is 1.24 bits per heavy atom. The molecule has 0 radical (unpaired) electrons. The number of carbonyl (C=O) groups excluding carboxylic acids is 1. The number of ether oxygens (including phenoxy) is 4. The van der Waals surface area contributed by atoms with E-state index >= 15 is 0 Å². The summed E-state index contributed by atoms with van der Waals surface area (Å²) in [4.78, 5) is 19.6. The predicted molar refractivity (Wildman–Crippen MR) is 123 cm³/mol. The van der Waals surface area contributed by atoms with E-state index < -0.39 is 6.16 Å². The van der Waals surface area contributed by atoms with Crippen LogP contribution in [0, 0.1) is 11.3 Å². The Hall–Kier alpha value is -3.80. The van der Waals surface area contributed by atoms with Gasteiger partial charge in [0.05, 0.1) is 35.0 Å². The Labute approximate surface area is 194 Å². The summed E-state index contributed by atoms with van der Waals surface area (Å²) in [5.74, 6) is 0.955. The van der Waals surface area contributed by atoms with Crippen molar-refractivity contribution in [2.75, 3.05) is 7.11 Å². The van der Waals surface area contributed by atoms with E-state index in [0.29, 0.717) is 22.1 Å². The second-order valence-corrected chi connectivity index (χ2v) is 7.85. The molecule has 4 rings (SSSR count). The topological polar surface area (TPSA) is 106 Å². The van der Waals surface area contributed by atoms with Crippen LogP contribution in [0.2, 0.25) is 5.02 Å². The number of hydrogen-bond acceptors (Lipinski definition) is 7. The van der Waals surface area contributed by atoms with Gasteiger partial charge in [0.15, 0.2) is 0 Å². The molecule has 9 heteroatoms. The standard InChI is InChI=1S/C24H20ClN3O5/c1-13(2)31-24(29)33-23-17(12-30-3)22-15-9-14(7-8-19(15)28-20(22)11-27-23)32-21-6-4-5-18(25)16(21)10-26/h4-9,11,13,28H,12H2,1-3H3. The molecule has 0 spiro atoms. The minimum absolute atomic E-state index is 0.101. The number of aromatic nitrogens is 2. The maximum Gasteiger partial charge on any atom is 0.515 e. The van der Waals surface area contributed by atoms with Crippen LogP contribution in [0.25, 0.3) is 21.8 Å². The van der Waals surface area contributed by atoms with Crippen molar-refractivity contribution >= 4 is 39.6 Å². The second-order valence-electron chi connectivity index (χ2n) is 7.44. The molecular formula is C24H20ClN3O5. The van der Waals surface area contributed by atoms with Crippen molar-refractivity contribution in [2.45, 2.75) is 26.6 Å². The maximum atomic E-state index is 12.1. The monoisotopic (exact) mass is 465 g/mol. The van der Waals surface area contributed by atoms with Gasteiger partial charge in [-0.1, -0.05) is 17.7 Å². The van der Waals surface area contributed by atoms with Gasteiger partial charge in [0.25, 0.3) is 0 Å². The third kappa shape index (κ3) is 4.55. The minimum atomic E-state index is -0.844. The lowest BCUT2D eigenvalue weighted by Gasteiger charge is -2.12. The molecule has 33 heavy (non-hydrogen) atoms. The average molecular weight is 466 g/mol. The molecule has 0 saturated heterocycles. The normalized spacial score (nSPS) is 11.0. The zero-order valence-corrected chi connectivity index (χ0v) is 18.9. The van der Waals surface area contributed by atoms with Crippen molar-refractivity contribution in [1.82, 2.24) is 9.97 Å². The maximum absolute atomic E-state index is 12.1. The molecule has 0 aliphatic rings. The first-order valence-corrected chi connectivity index (χ1v) is 10.5. The summed E-state index contributed by atoms with van der Waals surface area (Å²) in [6, 6.07) is 12.5. The van der Waals surface area contributed by atoms with Crippen molar-refractivity contribution in [3.63, 3.8) is 0 Å². The van der Waals surface area contributed by atoms with Gasteiger partial charge >= 0.3 is 6.16 Å². The minimum Gasteiger partial charge on any atom is -0.456 e. The summed E-state index contributed by atoms with van der Waals surface area (Å²) < 4.78 is 21.8. The fourth-order valence-electron chi connectivity index (χ4n) is 3.47. The van der Waals surface area contributed by atoms with Gasteiger partial charge < -0.3 is 23.9 Å². The molecule has 2 heterocycles. The fraction of sp³-hybridized carbons (Fsp3) is 0.208. The summed E-state index contributed by atoms with van der Waals surface area (Å²) >= 11 is 6.12. The number of methoxy groups -OCH3 is 1. The largest absolute Gasteiger partial charge is 0.515 e. The molecule has 2 aromatic carbocycles. The number of nitrogens with one attached hydrogen (secondary N) is 1. The van der Waals surface area contributed by atoms with E-state index in [1.165, 1.54) is 0 Å². The molecule has 0 atom stereocenters. The number of benzene rings is 2. The quantitative estimate of drug-likeness (QED) is 0.342. The first-order valence-electron chi connectivity index (χ1n) is 10.1. The zero-order chi connectivity index (χ0) is 23.5. The molecule has 0 aliphatic heterocycles. The van der Waals surface area contributed by atoms with Gasteiger partial charge in [-0.15, -0.1) is 0 Å². The Balaban J connectivity index is 1.81. The van der Waals surface area contributed by atoms with Crippen LogP contribution in [0.1, 0.15) is 25.0 Å². The lowest BCUT2D eigenvalue weighted by Crippen LogP contribution is -2.17. The molecule has 0 fully saturated rings. The molecular weight excluding hydrogens is 446 g/mol. The van der Waals surface area contributed by atoms with Crippen LogP contribution >= 0.6 is 11.6 Å². The molecule has 4 aromatic rings. The smallest absolute Gasteiger partial charge is 0.456 e. The van der Waals surface area contributed by atoms with Crippen LogP contribution in [0.15, 0.2) is 42.6 Å². The third-order valence-corrected chi connectivity index (χ3v) is 5.10. The number of aromatic amines is 1. The van der Waals surface area contributed by atoms with Crippen molar-refractivity contribution in [3.8, 4) is 23.4 Å². The molecule has 8 nitrogen and oxygen atoms in total. The third-order valence-electron chi connectivity index (χ3n) is 4.79. The van der Waals surface area contributed by atoms with Crippen LogP contribution in [0.4, 0.5) is 4.79 Å². The lowest BCUT2D eigenvalue weighted by molar-refractivity contribution is 0.0705. The Morgan fingerprint density at radius 3 is 2.79 bits per heavy atom. The molecule has 0 amide bonds. The molecule has 2 aromatic heterocycles. The van der Waals surface area contributed by atoms with E-state index in [0.717, 1.165) is 21.8 Å². The number of carbonyl (C=O) groups is 1. The Morgan fingerprint density at radius 2 is 2.06 bits per heavy atom. The summed E-state index contributed by atoms with van der Waals surface area (Å²) in [5.41, 5.74) is 2.39. The Bertz CT molecular complexity index is 1390. The highest BCUT2D eigenvalue weighted by Crippen LogP contribution is 2.37. The number of fused-ring (bicyclic) bond motifs is 3.